The van der Waals surface area contributed by atoms with Gasteiger partial charge in [-0.15, -0.1) is 0 Å². The van der Waals surface area contributed by atoms with Gasteiger partial charge < -0.3 is 28.3 Å². The monoisotopic (exact) mass is 552 g/mol. The summed E-state index contributed by atoms with van der Waals surface area (Å²) in [5, 5.41) is 0. The highest BCUT2D eigenvalue weighted by atomic mass is 31.1. The molecule has 1 aromatic rings. The molecule has 0 saturated carbocycles. The fourth-order valence-corrected chi connectivity index (χ4v) is 5.91. The minimum absolute atomic E-state index is 0.317. The highest BCUT2D eigenvalue weighted by Crippen LogP contribution is 2.32. The Balaban J connectivity index is 1.54. The molecule has 1 aromatic carbocycles. The van der Waals surface area contributed by atoms with Gasteiger partial charge in [0.1, 0.15) is 12.9 Å². The van der Waals surface area contributed by atoms with E-state index in [4.69, 9.17) is 18.9 Å². The SMILES string of the molecule is C[N+](C)(C)CCCP(O)CCCCC(CCCCCCCCCOC1=COCOC1)OCc1ccccc1. The maximum absolute atomic E-state index is 10.4. The smallest absolute Gasteiger partial charge is 0.188 e. The number of rotatable bonds is 23. The van der Waals surface area contributed by atoms with Crippen LogP contribution in [-0.2, 0) is 25.6 Å². The quantitative estimate of drug-likeness (QED) is 0.0883. The van der Waals surface area contributed by atoms with Crippen LogP contribution in [0.4, 0.5) is 0 Å². The van der Waals surface area contributed by atoms with Gasteiger partial charge in [0.15, 0.2) is 12.6 Å². The minimum Gasteiger partial charge on any atom is -0.492 e. The molecular formula is C31H55NO5P+. The molecule has 2 atom stereocenters. The van der Waals surface area contributed by atoms with Crippen LogP contribution >= 0.6 is 8.15 Å². The molecule has 2 unspecified atom stereocenters. The van der Waals surface area contributed by atoms with Gasteiger partial charge in [-0.05, 0) is 43.6 Å². The van der Waals surface area contributed by atoms with Crippen molar-refractivity contribution in [3.63, 3.8) is 0 Å². The molecule has 0 spiro atoms. The summed E-state index contributed by atoms with van der Waals surface area (Å²) in [4.78, 5) is 10.4. The zero-order valence-corrected chi connectivity index (χ0v) is 25.3. The van der Waals surface area contributed by atoms with Gasteiger partial charge in [0.2, 0.25) is 0 Å². The Morgan fingerprint density at radius 3 is 2.21 bits per heavy atom. The number of unbranched alkanes of at least 4 members (excludes halogenated alkanes) is 7. The van der Waals surface area contributed by atoms with Gasteiger partial charge in [0.25, 0.3) is 0 Å². The van der Waals surface area contributed by atoms with Gasteiger partial charge >= 0.3 is 0 Å². The molecule has 38 heavy (non-hydrogen) atoms. The van der Waals surface area contributed by atoms with Gasteiger partial charge in [-0.2, -0.15) is 0 Å². The lowest BCUT2D eigenvalue weighted by Crippen LogP contribution is -2.35. The second-order valence-electron chi connectivity index (χ2n) is 11.6. The zero-order chi connectivity index (χ0) is 27.3. The molecule has 0 bridgehead atoms. The summed E-state index contributed by atoms with van der Waals surface area (Å²) >= 11 is 0. The number of quaternary nitrogens is 1. The number of nitrogens with zero attached hydrogens (tertiary/aromatic N) is 1. The highest BCUT2D eigenvalue weighted by molar-refractivity contribution is 7.51. The predicted molar refractivity (Wildman–Crippen MR) is 158 cm³/mol. The fourth-order valence-electron chi connectivity index (χ4n) is 4.59. The van der Waals surface area contributed by atoms with E-state index in [-0.39, 0.29) is 0 Å². The van der Waals surface area contributed by atoms with Crippen LogP contribution in [0.15, 0.2) is 42.4 Å². The third kappa shape index (κ3) is 18.2. The summed E-state index contributed by atoms with van der Waals surface area (Å²) in [6, 6.07) is 10.5. The summed E-state index contributed by atoms with van der Waals surface area (Å²) in [5.41, 5.74) is 1.25. The topological polar surface area (TPSA) is 57.2 Å². The standard InChI is InChI=1S/C31H55NO5P/c1-32(2,3)21-16-24-38(33)23-15-13-20-30(37-25-29-17-10-9-11-18-29)19-12-7-5-4-6-8-14-22-36-31-26-34-28-35-27-31/h9-11,17-18,26,30,33H,4-8,12-16,19-25,27-28H2,1-3H3/q+1. The summed E-state index contributed by atoms with van der Waals surface area (Å²) in [6.45, 7) is 3.42. The fraction of sp³-hybridized carbons (Fsp3) is 0.742. The molecule has 0 amide bonds. The van der Waals surface area contributed by atoms with Crippen molar-refractivity contribution in [3.05, 3.63) is 47.9 Å². The largest absolute Gasteiger partial charge is 0.492 e. The first-order valence-corrected chi connectivity index (χ1v) is 16.5. The van der Waals surface area contributed by atoms with E-state index in [9.17, 15) is 4.89 Å². The first kappa shape index (κ1) is 33.0. The maximum Gasteiger partial charge on any atom is 0.188 e. The van der Waals surface area contributed by atoms with Gasteiger partial charge in [0.05, 0.1) is 47.0 Å². The summed E-state index contributed by atoms with van der Waals surface area (Å²) in [5.74, 6) is 0.799. The van der Waals surface area contributed by atoms with Gasteiger partial charge in [-0.25, -0.2) is 0 Å². The number of hydrogen-bond donors (Lipinski definition) is 1. The van der Waals surface area contributed by atoms with Crippen molar-refractivity contribution in [2.75, 3.05) is 60.0 Å². The van der Waals surface area contributed by atoms with Crippen LogP contribution in [0.25, 0.3) is 0 Å². The van der Waals surface area contributed by atoms with Crippen molar-refractivity contribution < 1.29 is 28.3 Å². The van der Waals surface area contributed by atoms with Crippen molar-refractivity contribution in [3.8, 4) is 0 Å². The molecule has 7 heteroatoms. The lowest BCUT2D eigenvalue weighted by atomic mass is 10.0. The van der Waals surface area contributed by atoms with Crippen molar-refractivity contribution in [2.24, 2.45) is 0 Å². The lowest BCUT2D eigenvalue weighted by molar-refractivity contribution is -0.870. The molecule has 0 aromatic heterocycles. The Morgan fingerprint density at radius 1 is 0.868 bits per heavy atom. The number of ether oxygens (including phenoxy) is 4. The summed E-state index contributed by atoms with van der Waals surface area (Å²) in [7, 11) is 5.84. The molecule has 1 aliphatic heterocycles. The zero-order valence-electron chi connectivity index (χ0n) is 24.5. The van der Waals surface area contributed by atoms with Crippen molar-refractivity contribution in [2.45, 2.75) is 89.8 Å². The van der Waals surface area contributed by atoms with Gasteiger partial charge in [-0.3, -0.25) is 0 Å². The second kappa shape index (κ2) is 20.7. The minimum atomic E-state index is -0.809. The van der Waals surface area contributed by atoms with E-state index in [1.807, 2.05) is 0 Å². The van der Waals surface area contributed by atoms with Gasteiger partial charge in [0, 0.05) is 14.6 Å². The molecule has 1 heterocycles. The first-order valence-electron chi connectivity index (χ1n) is 14.8. The average molecular weight is 553 g/mol. The third-order valence-corrected chi connectivity index (χ3v) is 8.50. The van der Waals surface area contributed by atoms with E-state index >= 15 is 0 Å². The Hall–Kier alpha value is -1.17. The normalized spacial score (nSPS) is 15.5. The predicted octanol–water partition coefficient (Wildman–Crippen LogP) is 7.21. The summed E-state index contributed by atoms with van der Waals surface area (Å²) < 4.78 is 23.3. The molecule has 0 saturated heterocycles. The van der Waals surface area contributed by atoms with Crippen LogP contribution in [0.2, 0.25) is 0 Å². The Bertz CT molecular complexity index is 725. The van der Waals surface area contributed by atoms with Crippen molar-refractivity contribution in [1.82, 2.24) is 0 Å². The second-order valence-corrected chi connectivity index (χ2v) is 13.5. The Morgan fingerprint density at radius 2 is 1.53 bits per heavy atom. The molecule has 0 fully saturated rings. The van der Waals surface area contributed by atoms with Crippen LogP contribution in [0.5, 0.6) is 0 Å². The van der Waals surface area contributed by atoms with Crippen LogP contribution in [-0.4, -0.2) is 75.5 Å². The first-order chi connectivity index (χ1) is 18.4. The number of hydrogen-bond acceptors (Lipinski definition) is 5. The number of benzene rings is 1. The molecule has 6 nitrogen and oxygen atoms in total. The van der Waals surface area contributed by atoms with Crippen LogP contribution in [0.3, 0.4) is 0 Å². The molecular weight excluding hydrogens is 497 g/mol. The van der Waals surface area contributed by atoms with Crippen LogP contribution in [0.1, 0.15) is 82.6 Å². The molecule has 0 radical (unpaired) electrons. The maximum atomic E-state index is 10.4. The van der Waals surface area contributed by atoms with Crippen molar-refractivity contribution in [1.29, 1.82) is 0 Å². The Labute approximate surface area is 234 Å². The van der Waals surface area contributed by atoms with Gasteiger partial charge in [-0.1, -0.05) is 75.3 Å². The van der Waals surface area contributed by atoms with Crippen molar-refractivity contribution >= 4 is 8.15 Å². The molecule has 218 valence electrons. The molecule has 0 aliphatic carbocycles. The van der Waals surface area contributed by atoms with Crippen LogP contribution in [0, 0.1) is 0 Å². The van der Waals surface area contributed by atoms with E-state index < -0.39 is 8.15 Å². The molecule has 1 aliphatic rings. The van der Waals surface area contributed by atoms with Crippen LogP contribution < -0.4 is 0 Å². The summed E-state index contributed by atoms with van der Waals surface area (Å²) in [6.07, 6.45) is 18.2. The average Bonchev–Trinajstić information content (AvgIpc) is 2.90. The highest BCUT2D eigenvalue weighted by Gasteiger charge is 2.13. The van der Waals surface area contributed by atoms with E-state index in [2.05, 4.69) is 51.5 Å². The van der Waals surface area contributed by atoms with E-state index in [1.54, 1.807) is 6.26 Å². The van der Waals surface area contributed by atoms with E-state index in [0.29, 0.717) is 26.1 Å². The lowest BCUT2D eigenvalue weighted by Gasteiger charge is -2.24. The van der Waals surface area contributed by atoms with E-state index in [0.717, 1.165) is 74.2 Å². The third-order valence-electron chi connectivity index (χ3n) is 6.83. The Kier molecular flexibility index (Phi) is 18.0. The molecule has 2 rings (SSSR count). The molecule has 1 N–H and O–H groups in total. The van der Waals surface area contributed by atoms with E-state index in [1.165, 1.54) is 44.1 Å².